The minimum atomic E-state index is -0.219. The van der Waals surface area contributed by atoms with Gasteiger partial charge in [0.25, 0.3) is 5.91 Å². The Morgan fingerprint density at radius 3 is 2.62 bits per heavy atom. The maximum absolute atomic E-state index is 12.7. The van der Waals surface area contributed by atoms with Gasteiger partial charge in [0.15, 0.2) is 0 Å². The second-order valence-electron chi connectivity index (χ2n) is 4.39. The van der Waals surface area contributed by atoms with Crippen molar-refractivity contribution in [1.29, 1.82) is 0 Å². The molecule has 0 saturated heterocycles. The Kier molecular flexibility index (Phi) is 4.86. The minimum absolute atomic E-state index is 0.219. The van der Waals surface area contributed by atoms with E-state index in [1.165, 1.54) is 0 Å². The maximum atomic E-state index is 12.7. The molecule has 0 atom stereocenters. The first-order valence-corrected chi connectivity index (χ1v) is 6.83. The lowest BCUT2D eigenvalue weighted by molar-refractivity contribution is 0.0991. The van der Waals surface area contributed by atoms with Gasteiger partial charge in [-0.15, -0.1) is 5.92 Å². The zero-order chi connectivity index (χ0) is 15.2. The van der Waals surface area contributed by atoms with Crippen LogP contribution < -0.4 is 10.6 Å². The van der Waals surface area contributed by atoms with Crippen molar-refractivity contribution in [1.82, 2.24) is 0 Å². The van der Waals surface area contributed by atoms with Crippen molar-refractivity contribution in [2.24, 2.45) is 0 Å². The van der Waals surface area contributed by atoms with E-state index in [2.05, 4.69) is 11.8 Å². The Morgan fingerprint density at radius 1 is 1.24 bits per heavy atom. The lowest BCUT2D eigenvalue weighted by Gasteiger charge is -2.21. The highest BCUT2D eigenvalue weighted by atomic mass is 35.5. The number of nitrogen functional groups attached to an aromatic ring is 1. The number of amides is 1. The average molecular weight is 299 g/mol. The minimum Gasteiger partial charge on any atom is -0.398 e. The maximum Gasteiger partial charge on any atom is 0.261 e. The van der Waals surface area contributed by atoms with Crippen LogP contribution in [0.4, 0.5) is 11.4 Å². The fourth-order valence-electron chi connectivity index (χ4n) is 1.91. The van der Waals surface area contributed by atoms with Crippen molar-refractivity contribution < 1.29 is 4.79 Å². The third-order valence-corrected chi connectivity index (χ3v) is 3.21. The molecule has 0 aliphatic carbocycles. The summed E-state index contributed by atoms with van der Waals surface area (Å²) in [5.74, 6) is 5.49. The fourth-order valence-corrected chi connectivity index (χ4v) is 2.08. The van der Waals surface area contributed by atoms with Crippen molar-refractivity contribution in [2.75, 3.05) is 17.2 Å². The molecule has 3 nitrogen and oxygen atoms in total. The summed E-state index contributed by atoms with van der Waals surface area (Å²) >= 11 is 5.96. The molecule has 4 heteroatoms. The molecule has 2 N–H and O–H groups in total. The van der Waals surface area contributed by atoms with Crippen molar-refractivity contribution in [3.05, 3.63) is 59.1 Å². The molecule has 21 heavy (non-hydrogen) atoms. The number of carbonyl (C=O) groups excluding carboxylic acids is 1. The normalized spacial score (nSPS) is 9.62. The van der Waals surface area contributed by atoms with Crippen LogP contribution in [0.5, 0.6) is 0 Å². The molecule has 2 aromatic carbocycles. The van der Waals surface area contributed by atoms with E-state index in [0.29, 0.717) is 22.8 Å². The second-order valence-corrected chi connectivity index (χ2v) is 4.82. The summed E-state index contributed by atoms with van der Waals surface area (Å²) in [6.45, 7) is 2.03. The summed E-state index contributed by atoms with van der Waals surface area (Å²) in [7, 11) is 0. The lowest BCUT2D eigenvalue weighted by atomic mass is 10.1. The van der Waals surface area contributed by atoms with Crippen LogP contribution in [-0.4, -0.2) is 12.5 Å². The zero-order valence-electron chi connectivity index (χ0n) is 11.6. The molecule has 2 aromatic rings. The predicted octanol–water partition coefficient (Wildman–Crippen LogP) is 3.59. The van der Waals surface area contributed by atoms with E-state index in [0.717, 1.165) is 5.69 Å². The smallest absolute Gasteiger partial charge is 0.261 e. The number of hydrogen-bond donors (Lipinski definition) is 1. The average Bonchev–Trinajstić information content (AvgIpc) is 2.51. The molecule has 106 valence electrons. The number of benzene rings is 2. The van der Waals surface area contributed by atoms with Gasteiger partial charge < -0.3 is 5.73 Å². The largest absolute Gasteiger partial charge is 0.398 e. The highest BCUT2D eigenvalue weighted by molar-refractivity contribution is 6.31. The van der Waals surface area contributed by atoms with E-state index < -0.39 is 0 Å². The van der Waals surface area contributed by atoms with Gasteiger partial charge in [-0.2, -0.15) is 0 Å². The first-order chi connectivity index (χ1) is 10.1. The molecule has 2 rings (SSSR count). The number of nitrogens with zero attached hydrogens (tertiary/aromatic N) is 1. The second kappa shape index (κ2) is 6.83. The Morgan fingerprint density at radius 2 is 1.95 bits per heavy atom. The third-order valence-electron chi connectivity index (χ3n) is 2.97. The summed E-state index contributed by atoms with van der Waals surface area (Å²) in [6, 6.07) is 14.2. The van der Waals surface area contributed by atoms with Gasteiger partial charge in [0.2, 0.25) is 0 Å². The molecule has 0 aliphatic heterocycles. The number of para-hydroxylation sites is 1. The van der Waals surface area contributed by atoms with Crippen LogP contribution >= 0.6 is 11.6 Å². The van der Waals surface area contributed by atoms with Gasteiger partial charge in [0.05, 0.1) is 12.1 Å². The summed E-state index contributed by atoms with van der Waals surface area (Å²) < 4.78 is 0. The molecule has 0 bridgehead atoms. The molecule has 0 fully saturated rings. The number of nitrogens with two attached hydrogens (primary N) is 1. The highest BCUT2D eigenvalue weighted by Gasteiger charge is 2.19. The molecule has 0 saturated carbocycles. The topological polar surface area (TPSA) is 46.3 Å². The summed E-state index contributed by atoms with van der Waals surface area (Å²) in [5.41, 5.74) is 7.44. The van der Waals surface area contributed by atoms with E-state index in [9.17, 15) is 4.79 Å². The molecular formula is C17H15ClN2O. The Balaban J connectivity index is 2.42. The van der Waals surface area contributed by atoms with E-state index in [-0.39, 0.29) is 5.91 Å². The lowest BCUT2D eigenvalue weighted by Crippen LogP contribution is -2.31. The number of rotatable bonds is 3. The Hall–Kier alpha value is -2.44. The molecule has 0 unspecified atom stereocenters. The van der Waals surface area contributed by atoms with E-state index in [1.807, 2.05) is 30.3 Å². The number of anilines is 2. The number of hydrogen-bond acceptors (Lipinski definition) is 2. The fraction of sp³-hybridized carbons (Fsp3) is 0.118. The van der Waals surface area contributed by atoms with Crippen LogP contribution in [0.15, 0.2) is 48.5 Å². The van der Waals surface area contributed by atoms with Gasteiger partial charge >= 0.3 is 0 Å². The Labute approximate surface area is 129 Å². The summed E-state index contributed by atoms with van der Waals surface area (Å²) in [5, 5.41) is 0.474. The zero-order valence-corrected chi connectivity index (χ0v) is 12.4. The van der Waals surface area contributed by atoms with Crippen LogP contribution in [-0.2, 0) is 0 Å². The first kappa shape index (κ1) is 15.0. The van der Waals surface area contributed by atoms with Gasteiger partial charge in [-0.3, -0.25) is 9.69 Å². The van der Waals surface area contributed by atoms with Gasteiger partial charge in [-0.25, -0.2) is 0 Å². The van der Waals surface area contributed by atoms with Crippen molar-refractivity contribution in [3.8, 4) is 11.8 Å². The number of halogens is 1. The molecule has 0 spiro atoms. The van der Waals surface area contributed by atoms with Crippen molar-refractivity contribution in [2.45, 2.75) is 6.92 Å². The van der Waals surface area contributed by atoms with E-state index in [4.69, 9.17) is 17.3 Å². The molecule has 0 heterocycles. The van der Waals surface area contributed by atoms with Crippen LogP contribution in [0, 0.1) is 11.8 Å². The summed E-state index contributed by atoms with van der Waals surface area (Å²) in [4.78, 5) is 14.3. The molecular weight excluding hydrogens is 284 g/mol. The van der Waals surface area contributed by atoms with Crippen molar-refractivity contribution >= 4 is 28.9 Å². The third kappa shape index (κ3) is 3.56. The van der Waals surface area contributed by atoms with Gasteiger partial charge in [-0.1, -0.05) is 35.7 Å². The van der Waals surface area contributed by atoms with Crippen LogP contribution in [0.2, 0.25) is 5.02 Å². The summed E-state index contributed by atoms with van der Waals surface area (Å²) in [6.07, 6.45) is 0. The van der Waals surface area contributed by atoms with Crippen LogP contribution in [0.3, 0.4) is 0 Å². The molecule has 0 aromatic heterocycles. The standard InChI is InChI=1S/C17H15ClN2O/c1-2-3-11-20(14-7-5-4-6-8-14)17(21)15-12-13(18)9-10-16(15)19/h4-10,12H,11,19H2,1H3. The predicted molar refractivity (Wildman–Crippen MR) is 87.4 cm³/mol. The molecule has 0 radical (unpaired) electrons. The van der Waals surface area contributed by atoms with Crippen LogP contribution in [0.1, 0.15) is 17.3 Å². The molecule has 0 aliphatic rings. The van der Waals surface area contributed by atoms with Crippen molar-refractivity contribution in [3.63, 3.8) is 0 Å². The van der Waals surface area contributed by atoms with Gasteiger partial charge in [0, 0.05) is 16.4 Å². The van der Waals surface area contributed by atoms with Gasteiger partial charge in [-0.05, 0) is 37.3 Å². The van der Waals surface area contributed by atoms with E-state index >= 15 is 0 Å². The quantitative estimate of drug-likeness (QED) is 0.695. The highest BCUT2D eigenvalue weighted by Crippen LogP contribution is 2.22. The Bertz CT molecular complexity index is 702. The SMILES string of the molecule is CC#CCN(C(=O)c1cc(Cl)ccc1N)c1ccccc1. The molecule has 1 amide bonds. The number of carbonyl (C=O) groups is 1. The van der Waals surface area contributed by atoms with E-state index in [1.54, 1.807) is 30.0 Å². The first-order valence-electron chi connectivity index (χ1n) is 6.45. The van der Waals surface area contributed by atoms with Crippen LogP contribution in [0.25, 0.3) is 0 Å². The monoisotopic (exact) mass is 298 g/mol. The van der Waals surface area contributed by atoms with Gasteiger partial charge in [0.1, 0.15) is 0 Å².